The molecule has 1 rings (SSSR count). The first-order valence-electron chi connectivity index (χ1n) is 16.6. The summed E-state index contributed by atoms with van der Waals surface area (Å²) in [6, 6.07) is 0. The van der Waals surface area contributed by atoms with Crippen molar-refractivity contribution in [2.75, 3.05) is 0 Å². The average molecular weight is 519 g/mol. The van der Waals surface area contributed by atoms with Gasteiger partial charge in [-0.1, -0.05) is 142 Å². The van der Waals surface area contributed by atoms with Gasteiger partial charge in [-0.15, -0.1) is 0 Å². The lowest BCUT2D eigenvalue weighted by atomic mass is 10.0. The predicted molar refractivity (Wildman–Crippen MR) is 159 cm³/mol. The number of ketones is 1. The van der Waals surface area contributed by atoms with Crippen LogP contribution in [0.15, 0.2) is 11.6 Å². The third kappa shape index (κ3) is 21.5. The van der Waals surface area contributed by atoms with Gasteiger partial charge in [-0.3, -0.25) is 4.79 Å². The Morgan fingerprint density at radius 2 is 0.946 bits per heavy atom. The average Bonchev–Trinajstić information content (AvgIpc) is 3.21. The molecule has 0 saturated carbocycles. The lowest BCUT2D eigenvalue weighted by Gasteiger charge is -2.08. The highest BCUT2D eigenvalue weighted by atomic mass is 16.5. The number of Topliss-reactive ketones (excluding diaryl/α,β-unsaturated/α-hetero) is 1. The summed E-state index contributed by atoms with van der Waals surface area (Å²) in [5, 5.41) is 0. The van der Waals surface area contributed by atoms with E-state index in [1.807, 2.05) is 6.92 Å². The van der Waals surface area contributed by atoms with Gasteiger partial charge in [0.1, 0.15) is 11.9 Å². The van der Waals surface area contributed by atoms with E-state index in [0.717, 1.165) is 38.5 Å². The first-order valence-corrected chi connectivity index (χ1v) is 16.6. The predicted octanol–water partition coefficient (Wildman–Crippen LogP) is 11.0. The molecule has 0 aromatic rings. The maximum atomic E-state index is 12.1. The van der Waals surface area contributed by atoms with Gasteiger partial charge in [-0.25, -0.2) is 4.79 Å². The lowest BCUT2D eigenvalue weighted by molar-refractivity contribution is -0.138. The van der Waals surface area contributed by atoms with Crippen molar-refractivity contribution in [3.8, 4) is 0 Å². The van der Waals surface area contributed by atoms with Crippen molar-refractivity contribution in [2.24, 2.45) is 0 Å². The molecular formula is C34H62O3. The maximum absolute atomic E-state index is 12.1. The molecule has 0 aromatic carbocycles. The number of carbonyl (C=O) groups is 2. The van der Waals surface area contributed by atoms with E-state index in [0.29, 0.717) is 5.78 Å². The summed E-state index contributed by atoms with van der Waals surface area (Å²) in [4.78, 5) is 23.3. The highest BCUT2D eigenvalue weighted by molar-refractivity contribution is 5.85. The lowest BCUT2D eigenvalue weighted by Crippen LogP contribution is -2.05. The third-order valence-electron chi connectivity index (χ3n) is 8.10. The van der Waals surface area contributed by atoms with Crippen molar-refractivity contribution in [3.63, 3.8) is 0 Å². The number of hydrogen-bond donors (Lipinski definition) is 0. The van der Waals surface area contributed by atoms with Crippen LogP contribution in [0.3, 0.4) is 0 Å². The minimum atomic E-state index is -0.172. The largest absolute Gasteiger partial charge is 0.455 e. The summed E-state index contributed by atoms with van der Waals surface area (Å²) in [6.45, 7) is 4.25. The van der Waals surface area contributed by atoms with Crippen molar-refractivity contribution in [2.45, 2.75) is 193 Å². The standard InChI is InChI=1S/C34H62O3/c1-3-4-5-6-7-8-9-10-11-12-13-16-19-22-25-28-33(35)29-26-23-20-17-14-15-18-21-24-27-32-30-34(36)37-31(32)2/h30-31H,3-29H2,1-2H3. The molecule has 0 aromatic heterocycles. The van der Waals surface area contributed by atoms with Crippen molar-refractivity contribution >= 4 is 11.8 Å². The molecule has 1 aliphatic rings. The van der Waals surface area contributed by atoms with Crippen molar-refractivity contribution in [3.05, 3.63) is 11.6 Å². The molecule has 1 aliphatic heterocycles. The summed E-state index contributed by atoms with van der Waals surface area (Å²) in [5.41, 5.74) is 1.17. The molecule has 3 heteroatoms. The minimum Gasteiger partial charge on any atom is -0.455 e. The third-order valence-corrected chi connectivity index (χ3v) is 8.10. The van der Waals surface area contributed by atoms with Gasteiger partial charge in [0, 0.05) is 18.9 Å². The van der Waals surface area contributed by atoms with Gasteiger partial charge in [0.2, 0.25) is 0 Å². The smallest absolute Gasteiger partial charge is 0.331 e. The molecule has 37 heavy (non-hydrogen) atoms. The second kappa shape index (κ2) is 25.2. The first kappa shape index (κ1) is 33.9. The van der Waals surface area contributed by atoms with Crippen LogP contribution in [0.25, 0.3) is 0 Å². The number of unbranched alkanes of at least 4 members (excludes halogenated alkanes) is 22. The van der Waals surface area contributed by atoms with E-state index in [-0.39, 0.29) is 12.1 Å². The van der Waals surface area contributed by atoms with Crippen molar-refractivity contribution in [1.82, 2.24) is 0 Å². The molecule has 0 fully saturated rings. The zero-order chi connectivity index (χ0) is 26.8. The highest BCUT2D eigenvalue weighted by Gasteiger charge is 2.20. The quantitative estimate of drug-likeness (QED) is 0.0764. The van der Waals surface area contributed by atoms with Crippen molar-refractivity contribution in [1.29, 1.82) is 0 Å². The summed E-state index contributed by atoms with van der Waals surface area (Å²) in [7, 11) is 0. The molecule has 0 amide bonds. The Hall–Kier alpha value is -1.12. The monoisotopic (exact) mass is 518 g/mol. The SMILES string of the molecule is CCCCCCCCCCCCCCCCCC(=O)CCCCCCCCCCCC1=CC(=O)OC1C. The fourth-order valence-electron chi connectivity index (χ4n) is 5.54. The van der Waals surface area contributed by atoms with Gasteiger partial charge in [0.25, 0.3) is 0 Å². The van der Waals surface area contributed by atoms with Gasteiger partial charge in [-0.2, -0.15) is 0 Å². The van der Waals surface area contributed by atoms with Crippen LogP contribution in [-0.4, -0.2) is 17.9 Å². The van der Waals surface area contributed by atoms with E-state index >= 15 is 0 Å². The second-order valence-corrected chi connectivity index (χ2v) is 11.7. The molecule has 216 valence electrons. The van der Waals surface area contributed by atoms with Crippen LogP contribution < -0.4 is 0 Å². The summed E-state index contributed by atoms with van der Waals surface area (Å²) in [6.07, 6.45) is 36.1. The summed E-state index contributed by atoms with van der Waals surface area (Å²) >= 11 is 0. The van der Waals surface area contributed by atoms with E-state index in [1.165, 1.54) is 140 Å². The Bertz CT molecular complexity index is 580. The van der Waals surface area contributed by atoms with Gasteiger partial charge in [0.15, 0.2) is 0 Å². The van der Waals surface area contributed by atoms with Crippen LogP contribution >= 0.6 is 0 Å². The summed E-state index contributed by atoms with van der Waals surface area (Å²) in [5.74, 6) is 0.322. The molecule has 0 saturated heterocycles. The fourth-order valence-corrected chi connectivity index (χ4v) is 5.54. The van der Waals surface area contributed by atoms with Crippen LogP contribution in [0.1, 0.15) is 187 Å². The van der Waals surface area contributed by atoms with Crippen molar-refractivity contribution < 1.29 is 14.3 Å². The molecule has 0 bridgehead atoms. The number of hydrogen-bond acceptors (Lipinski definition) is 3. The fraction of sp³-hybridized carbons (Fsp3) is 0.882. The Morgan fingerprint density at radius 1 is 0.595 bits per heavy atom. The number of cyclic esters (lactones) is 1. The van der Waals surface area contributed by atoms with E-state index in [2.05, 4.69) is 6.92 Å². The highest BCUT2D eigenvalue weighted by Crippen LogP contribution is 2.22. The van der Waals surface area contributed by atoms with E-state index in [9.17, 15) is 9.59 Å². The minimum absolute atomic E-state index is 0.0107. The molecule has 0 aliphatic carbocycles. The van der Waals surface area contributed by atoms with E-state index < -0.39 is 0 Å². The van der Waals surface area contributed by atoms with E-state index in [4.69, 9.17) is 4.74 Å². The van der Waals surface area contributed by atoms with Crippen LogP contribution in [0.5, 0.6) is 0 Å². The molecule has 1 atom stereocenters. The zero-order valence-electron chi connectivity index (χ0n) is 25.0. The van der Waals surface area contributed by atoms with Crippen LogP contribution in [0.2, 0.25) is 0 Å². The van der Waals surface area contributed by atoms with Crippen LogP contribution in [0, 0.1) is 0 Å². The molecule has 1 unspecified atom stereocenters. The maximum Gasteiger partial charge on any atom is 0.331 e. The normalized spacial score (nSPS) is 15.2. The molecule has 3 nitrogen and oxygen atoms in total. The van der Waals surface area contributed by atoms with E-state index in [1.54, 1.807) is 6.08 Å². The Morgan fingerprint density at radius 3 is 1.30 bits per heavy atom. The topological polar surface area (TPSA) is 43.4 Å². The molecule has 1 heterocycles. The van der Waals surface area contributed by atoms with Crippen LogP contribution in [0.4, 0.5) is 0 Å². The number of rotatable bonds is 28. The Balaban J connectivity index is 1.72. The molecule has 0 spiro atoms. The first-order chi connectivity index (χ1) is 18.1. The Labute approximate surface area is 231 Å². The Kier molecular flexibility index (Phi) is 23.1. The second-order valence-electron chi connectivity index (χ2n) is 11.7. The zero-order valence-corrected chi connectivity index (χ0v) is 25.0. The number of carbonyl (C=O) groups excluding carboxylic acids is 2. The van der Waals surface area contributed by atoms with Gasteiger partial charge in [0.05, 0.1) is 0 Å². The van der Waals surface area contributed by atoms with Gasteiger partial charge < -0.3 is 4.74 Å². The summed E-state index contributed by atoms with van der Waals surface area (Å²) < 4.78 is 5.14. The number of esters is 1. The molecule has 0 radical (unpaired) electrons. The molecule has 0 N–H and O–H groups in total. The van der Waals surface area contributed by atoms with Gasteiger partial charge >= 0.3 is 5.97 Å². The van der Waals surface area contributed by atoms with Gasteiger partial charge in [-0.05, 0) is 38.2 Å². The molecular weight excluding hydrogens is 456 g/mol. The van der Waals surface area contributed by atoms with Crippen LogP contribution in [-0.2, 0) is 14.3 Å². The number of ether oxygens (including phenoxy) is 1.